The average Bonchev–Trinajstić information content (AvgIpc) is 2.85. The molecule has 2 unspecified atom stereocenters. The maximum absolute atomic E-state index is 13.1. The fourth-order valence-electron chi connectivity index (χ4n) is 2.42. The van der Waals surface area contributed by atoms with E-state index in [4.69, 9.17) is 4.74 Å². The molecule has 2 rings (SSSR count). The van der Waals surface area contributed by atoms with E-state index in [1.165, 1.54) is 0 Å². The lowest BCUT2D eigenvalue weighted by molar-refractivity contribution is -0.216. The zero-order chi connectivity index (χ0) is 13.4. The molecule has 7 heteroatoms. The highest BCUT2D eigenvalue weighted by Crippen LogP contribution is 2.43. The third-order valence-electron chi connectivity index (χ3n) is 3.77. The zero-order valence-corrected chi connectivity index (χ0v) is 10.2. The van der Waals surface area contributed by atoms with Gasteiger partial charge in [-0.25, -0.2) is 0 Å². The summed E-state index contributed by atoms with van der Waals surface area (Å²) in [5.74, 6) is -0.937. The maximum atomic E-state index is 13.1. The van der Waals surface area contributed by atoms with Gasteiger partial charge in [0.2, 0.25) is 5.91 Å². The molecule has 2 saturated heterocycles. The molecular weight excluding hydrogens is 249 g/mol. The molecule has 0 bridgehead atoms. The topological polar surface area (TPSA) is 50.4 Å². The van der Waals surface area contributed by atoms with Crippen molar-refractivity contribution in [3.63, 3.8) is 0 Å². The molecule has 104 valence electrons. The monoisotopic (exact) mass is 266 g/mol. The van der Waals surface area contributed by atoms with Crippen LogP contribution in [-0.2, 0) is 9.53 Å². The molecule has 0 aromatic heterocycles. The van der Waals surface area contributed by atoms with Crippen molar-refractivity contribution >= 4 is 5.91 Å². The maximum Gasteiger partial charge on any atom is 0.404 e. The average molecular weight is 266 g/mol. The van der Waals surface area contributed by atoms with Gasteiger partial charge in [0.15, 0.2) is 5.41 Å². The second-order valence-corrected chi connectivity index (χ2v) is 5.32. The predicted octanol–water partition coefficient (Wildman–Crippen LogP) is 0.824. The Morgan fingerprint density at radius 1 is 1.39 bits per heavy atom. The molecule has 2 atom stereocenters. The molecular formula is C11H17F3N2O2. The molecule has 2 heterocycles. The summed E-state index contributed by atoms with van der Waals surface area (Å²) in [6.07, 6.45) is -4.20. The van der Waals surface area contributed by atoms with E-state index in [0.29, 0.717) is 13.0 Å². The van der Waals surface area contributed by atoms with Crippen molar-refractivity contribution in [2.45, 2.75) is 31.5 Å². The summed E-state index contributed by atoms with van der Waals surface area (Å²) < 4.78 is 44.5. The van der Waals surface area contributed by atoms with E-state index in [1.54, 1.807) is 6.92 Å². The molecule has 0 radical (unpaired) electrons. The molecule has 2 aliphatic heterocycles. The number of amides is 1. The van der Waals surface area contributed by atoms with Crippen molar-refractivity contribution in [2.75, 3.05) is 26.3 Å². The number of ether oxygens (including phenoxy) is 1. The van der Waals surface area contributed by atoms with Gasteiger partial charge in [0.05, 0.1) is 12.1 Å². The number of hydrogen-bond donors (Lipinski definition) is 2. The highest BCUT2D eigenvalue weighted by atomic mass is 19.4. The number of carbonyl (C=O) groups is 1. The third-order valence-corrected chi connectivity index (χ3v) is 3.77. The molecule has 0 saturated carbocycles. The van der Waals surface area contributed by atoms with Crippen molar-refractivity contribution in [1.82, 2.24) is 10.6 Å². The summed E-state index contributed by atoms with van der Waals surface area (Å²) in [5, 5.41) is 5.15. The highest BCUT2D eigenvalue weighted by Gasteiger charge is 2.62. The van der Waals surface area contributed by atoms with Gasteiger partial charge in [-0.15, -0.1) is 0 Å². The molecule has 0 aromatic rings. The van der Waals surface area contributed by atoms with Gasteiger partial charge in [0.25, 0.3) is 0 Å². The van der Waals surface area contributed by atoms with Crippen molar-refractivity contribution in [3.05, 3.63) is 0 Å². The van der Waals surface area contributed by atoms with Crippen LogP contribution in [0.3, 0.4) is 0 Å². The van der Waals surface area contributed by atoms with E-state index >= 15 is 0 Å². The number of hydrogen-bond acceptors (Lipinski definition) is 3. The van der Waals surface area contributed by atoms with Gasteiger partial charge in [-0.2, -0.15) is 13.2 Å². The summed E-state index contributed by atoms with van der Waals surface area (Å²) in [4.78, 5) is 12.0. The molecule has 18 heavy (non-hydrogen) atoms. The van der Waals surface area contributed by atoms with E-state index in [9.17, 15) is 18.0 Å². The Morgan fingerprint density at radius 2 is 2.11 bits per heavy atom. The highest BCUT2D eigenvalue weighted by molar-refractivity contribution is 5.85. The van der Waals surface area contributed by atoms with Crippen molar-refractivity contribution < 1.29 is 22.7 Å². The fourth-order valence-corrected chi connectivity index (χ4v) is 2.42. The smallest absolute Gasteiger partial charge is 0.379 e. The van der Waals surface area contributed by atoms with Gasteiger partial charge in [0, 0.05) is 13.2 Å². The first-order chi connectivity index (χ1) is 8.29. The third kappa shape index (κ3) is 2.21. The van der Waals surface area contributed by atoms with Crippen LogP contribution in [0.25, 0.3) is 0 Å². The van der Waals surface area contributed by atoms with Gasteiger partial charge in [-0.05, 0) is 26.3 Å². The van der Waals surface area contributed by atoms with Crippen LogP contribution in [0.2, 0.25) is 0 Å². The largest absolute Gasteiger partial charge is 0.404 e. The van der Waals surface area contributed by atoms with Crippen LogP contribution in [0.1, 0.15) is 19.8 Å². The molecule has 4 nitrogen and oxygen atoms in total. The van der Waals surface area contributed by atoms with Crippen LogP contribution in [0.15, 0.2) is 0 Å². The van der Waals surface area contributed by atoms with Gasteiger partial charge in [-0.3, -0.25) is 4.79 Å². The first-order valence-corrected chi connectivity index (χ1v) is 5.97. The molecule has 1 amide bonds. The second-order valence-electron chi connectivity index (χ2n) is 5.32. The van der Waals surface area contributed by atoms with E-state index < -0.39 is 23.0 Å². The first kappa shape index (κ1) is 13.6. The van der Waals surface area contributed by atoms with Crippen LogP contribution in [0, 0.1) is 5.41 Å². The van der Waals surface area contributed by atoms with Crippen molar-refractivity contribution in [3.8, 4) is 0 Å². The fraction of sp³-hybridized carbons (Fsp3) is 0.909. The summed E-state index contributed by atoms with van der Waals surface area (Å²) >= 11 is 0. The van der Waals surface area contributed by atoms with Gasteiger partial charge < -0.3 is 15.4 Å². The SMILES string of the molecule is CC1(NC(=O)C2(C(F)(F)F)CCNC2)CCOC1. The van der Waals surface area contributed by atoms with Crippen LogP contribution in [0.5, 0.6) is 0 Å². The molecule has 2 fully saturated rings. The van der Waals surface area contributed by atoms with E-state index in [2.05, 4.69) is 10.6 Å². The Bertz CT molecular complexity index is 332. The molecule has 0 spiro atoms. The normalized spacial score (nSPS) is 36.9. The van der Waals surface area contributed by atoms with E-state index in [1.807, 2.05) is 0 Å². The number of carbonyl (C=O) groups excluding carboxylic acids is 1. The quantitative estimate of drug-likeness (QED) is 0.778. The molecule has 0 aromatic carbocycles. The van der Waals surface area contributed by atoms with Crippen LogP contribution in [0.4, 0.5) is 13.2 Å². The van der Waals surface area contributed by atoms with Gasteiger partial charge >= 0.3 is 6.18 Å². The molecule has 2 N–H and O–H groups in total. The Hall–Kier alpha value is -0.820. The minimum absolute atomic E-state index is 0.208. The summed E-state index contributed by atoms with van der Waals surface area (Å²) in [5.41, 5.74) is -2.98. The Morgan fingerprint density at radius 3 is 2.56 bits per heavy atom. The summed E-state index contributed by atoms with van der Waals surface area (Å²) in [7, 11) is 0. The Labute approximate surface area is 103 Å². The molecule has 2 aliphatic rings. The zero-order valence-electron chi connectivity index (χ0n) is 10.2. The lowest BCUT2D eigenvalue weighted by Crippen LogP contribution is -2.58. The minimum Gasteiger partial charge on any atom is -0.379 e. The Balaban J connectivity index is 2.14. The standard InChI is InChI=1S/C11H17F3N2O2/c1-9(3-5-18-7-9)16-8(17)10(11(12,13)14)2-4-15-6-10/h15H,2-7H2,1H3,(H,16,17). The minimum atomic E-state index is -4.53. The molecule has 0 aliphatic carbocycles. The number of halogens is 3. The van der Waals surface area contributed by atoms with Crippen LogP contribution in [-0.4, -0.2) is 43.9 Å². The number of alkyl halides is 3. The number of rotatable bonds is 2. The Kier molecular flexibility index (Phi) is 3.31. The predicted molar refractivity (Wildman–Crippen MR) is 58.0 cm³/mol. The van der Waals surface area contributed by atoms with E-state index in [0.717, 1.165) is 0 Å². The second kappa shape index (κ2) is 4.38. The van der Waals surface area contributed by atoms with Gasteiger partial charge in [0.1, 0.15) is 0 Å². The lowest BCUT2D eigenvalue weighted by atomic mass is 9.84. The summed E-state index contributed by atoms with van der Waals surface area (Å²) in [6, 6.07) is 0. The summed E-state index contributed by atoms with van der Waals surface area (Å²) in [6.45, 7) is 2.30. The van der Waals surface area contributed by atoms with E-state index in [-0.39, 0.29) is 26.1 Å². The van der Waals surface area contributed by atoms with Gasteiger partial charge in [-0.1, -0.05) is 0 Å². The lowest BCUT2D eigenvalue weighted by Gasteiger charge is -2.33. The van der Waals surface area contributed by atoms with Crippen LogP contribution < -0.4 is 10.6 Å². The van der Waals surface area contributed by atoms with Crippen molar-refractivity contribution in [2.24, 2.45) is 5.41 Å². The van der Waals surface area contributed by atoms with Crippen molar-refractivity contribution in [1.29, 1.82) is 0 Å². The first-order valence-electron chi connectivity index (χ1n) is 5.97. The number of nitrogens with one attached hydrogen (secondary N) is 2. The van der Waals surface area contributed by atoms with Crippen LogP contribution >= 0.6 is 0 Å².